The molecule has 8 heteroatoms. The maximum absolute atomic E-state index is 10.9. The van der Waals surface area contributed by atoms with Gasteiger partial charge in [0.2, 0.25) is 0 Å². The van der Waals surface area contributed by atoms with Gasteiger partial charge in [-0.1, -0.05) is 29.8 Å². The molecule has 0 aliphatic heterocycles. The molecular weight excluding hydrogens is 375 g/mol. The number of carbonyl (C=O) groups excluding carboxylic acids is 1. The molecule has 0 N–H and O–H groups in total. The molecule has 0 aliphatic rings. The molecule has 2 rings (SSSR count). The number of hydrogen-bond donors (Lipinski definition) is 0. The molecule has 2 heterocycles. The molecular formula is C18H14Cl2N4O2. The molecule has 0 atom stereocenters. The van der Waals surface area contributed by atoms with Gasteiger partial charge in [0.1, 0.15) is 39.3 Å². The Balaban J connectivity index is 0.000000263. The molecule has 0 saturated heterocycles. The first-order valence-corrected chi connectivity index (χ1v) is 8.05. The Morgan fingerprint density at radius 2 is 1.58 bits per heavy atom. The van der Waals surface area contributed by atoms with Gasteiger partial charge in [-0.05, 0) is 26.0 Å². The highest BCUT2D eigenvalue weighted by atomic mass is 35.5. The number of ketones is 1. The molecule has 0 fully saturated rings. The van der Waals surface area contributed by atoms with Gasteiger partial charge in [0, 0.05) is 23.5 Å². The number of nitrogens with zero attached hydrogens (tertiary/aromatic N) is 4. The van der Waals surface area contributed by atoms with Crippen molar-refractivity contribution in [2.24, 2.45) is 0 Å². The molecule has 0 aliphatic carbocycles. The van der Waals surface area contributed by atoms with Crippen molar-refractivity contribution in [3.8, 4) is 12.1 Å². The predicted octanol–water partition coefficient (Wildman–Crippen LogP) is 4.42. The Labute approximate surface area is 161 Å². The van der Waals surface area contributed by atoms with Gasteiger partial charge in [-0.3, -0.25) is 4.79 Å². The van der Waals surface area contributed by atoms with Crippen LogP contribution in [0.5, 0.6) is 0 Å². The Hall–Kier alpha value is -2.93. The van der Waals surface area contributed by atoms with Crippen LogP contribution >= 0.6 is 23.2 Å². The van der Waals surface area contributed by atoms with E-state index < -0.39 is 0 Å². The van der Waals surface area contributed by atoms with Crippen LogP contribution in [0.4, 0.5) is 0 Å². The molecule has 2 aromatic heterocycles. The SMILES string of the molecule is C=C(OCC)c1ccnc(Cl)c1C#N.CC(=O)c1ccnc(Cl)c1C#N. The van der Waals surface area contributed by atoms with Crippen LogP contribution in [-0.4, -0.2) is 22.4 Å². The fourth-order valence-electron chi connectivity index (χ4n) is 1.86. The highest BCUT2D eigenvalue weighted by Gasteiger charge is 2.11. The smallest absolute Gasteiger partial charge is 0.161 e. The molecule has 0 spiro atoms. The zero-order valence-corrected chi connectivity index (χ0v) is 15.6. The second-order valence-electron chi connectivity index (χ2n) is 4.68. The highest BCUT2D eigenvalue weighted by Crippen LogP contribution is 2.22. The zero-order chi connectivity index (χ0) is 19.7. The fourth-order valence-corrected chi connectivity index (χ4v) is 2.26. The minimum absolute atomic E-state index is 0.0743. The second-order valence-corrected chi connectivity index (χ2v) is 5.40. The predicted molar refractivity (Wildman–Crippen MR) is 98.6 cm³/mol. The largest absolute Gasteiger partial charge is 0.494 e. The quantitative estimate of drug-likeness (QED) is 0.436. The van der Waals surface area contributed by atoms with Gasteiger partial charge in [0.05, 0.1) is 6.61 Å². The van der Waals surface area contributed by atoms with E-state index >= 15 is 0 Å². The summed E-state index contributed by atoms with van der Waals surface area (Å²) >= 11 is 11.3. The minimum Gasteiger partial charge on any atom is -0.494 e. The molecule has 0 amide bonds. The Bertz CT molecular complexity index is 914. The third-order valence-electron chi connectivity index (χ3n) is 3.03. The monoisotopic (exact) mass is 388 g/mol. The summed E-state index contributed by atoms with van der Waals surface area (Å²) in [4.78, 5) is 18.4. The topological polar surface area (TPSA) is 99.7 Å². The van der Waals surface area contributed by atoms with Crippen LogP contribution in [0.3, 0.4) is 0 Å². The lowest BCUT2D eigenvalue weighted by atomic mass is 10.1. The Morgan fingerprint density at radius 1 is 1.12 bits per heavy atom. The number of ether oxygens (including phenoxy) is 1. The van der Waals surface area contributed by atoms with Crippen molar-refractivity contribution < 1.29 is 9.53 Å². The van der Waals surface area contributed by atoms with Crippen LogP contribution in [0, 0.1) is 22.7 Å². The summed E-state index contributed by atoms with van der Waals surface area (Å²) in [6.07, 6.45) is 2.92. The molecule has 2 aromatic rings. The summed E-state index contributed by atoms with van der Waals surface area (Å²) in [5, 5.41) is 17.7. The van der Waals surface area contributed by atoms with E-state index in [1.807, 2.05) is 19.1 Å². The summed E-state index contributed by atoms with van der Waals surface area (Å²) in [6.45, 7) is 7.44. The van der Waals surface area contributed by atoms with Gasteiger partial charge in [-0.2, -0.15) is 10.5 Å². The maximum Gasteiger partial charge on any atom is 0.161 e. The lowest BCUT2D eigenvalue weighted by Crippen LogP contribution is -1.98. The van der Waals surface area contributed by atoms with E-state index in [0.717, 1.165) is 0 Å². The third kappa shape index (κ3) is 5.29. The Morgan fingerprint density at radius 3 is 1.96 bits per heavy atom. The third-order valence-corrected chi connectivity index (χ3v) is 3.60. The van der Waals surface area contributed by atoms with Crippen molar-refractivity contribution in [2.75, 3.05) is 6.61 Å². The molecule has 6 nitrogen and oxygen atoms in total. The zero-order valence-electron chi connectivity index (χ0n) is 14.1. The van der Waals surface area contributed by atoms with Crippen molar-refractivity contribution in [1.82, 2.24) is 9.97 Å². The first kappa shape index (κ1) is 21.1. The summed E-state index contributed by atoms with van der Waals surface area (Å²) < 4.78 is 5.19. The highest BCUT2D eigenvalue weighted by molar-refractivity contribution is 6.31. The van der Waals surface area contributed by atoms with E-state index in [2.05, 4.69) is 16.5 Å². The first-order valence-electron chi connectivity index (χ1n) is 7.29. The van der Waals surface area contributed by atoms with Crippen molar-refractivity contribution in [3.05, 3.63) is 63.7 Å². The van der Waals surface area contributed by atoms with Crippen LogP contribution < -0.4 is 0 Å². The number of aromatic nitrogens is 2. The molecule has 26 heavy (non-hydrogen) atoms. The molecule has 0 saturated carbocycles. The molecule has 0 unspecified atom stereocenters. The number of pyridine rings is 2. The standard InChI is InChI=1S/C10H9ClN2O.C8H5ClN2O/c1-3-14-7(2)8-4-5-13-10(11)9(8)6-12;1-5(12)6-2-3-11-8(9)7(6)4-10/h4-5H,2-3H2,1H3;2-3H,1H3. The lowest BCUT2D eigenvalue weighted by Gasteiger charge is -2.08. The van der Waals surface area contributed by atoms with Crippen molar-refractivity contribution in [2.45, 2.75) is 13.8 Å². The van der Waals surface area contributed by atoms with E-state index in [1.165, 1.54) is 25.4 Å². The van der Waals surface area contributed by atoms with Crippen LogP contribution in [0.25, 0.3) is 5.76 Å². The lowest BCUT2D eigenvalue weighted by molar-refractivity contribution is 0.101. The number of hydrogen-bond acceptors (Lipinski definition) is 6. The fraction of sp³-hybridized carbons (Fsp3) is 0.167. The van der Waals surface area contributed by atoms with Gasteiger partial charge in [0.25, 0.3) is 0 Å². The van der Waals surface area contributed by atoms with Gasteiger partial charge < -0.3 is 4.74 Å². The van der Waals surface area contributed by atoms with Gasteiger partial charge in [0.15, 0.2) is 5.78 Å². The van der Waals surface area contributed by atoms with Crippen LogP contribution in [0.1, 0.15) is 40.9 Å². The first-order chi connectivity index (χ1) is 12.4. The summed E-state index contributed by atoms with van der Waals surface area (Å²) in [6, 6.07) is 6.93. The molecule has 0 bridgehead atoms. The van der Waals surface area contributed by atoms with Gasteiger partial charge >= 0.3 is 0 Å². The second kappa shape index (κ2) is 10.1. The summed E-state index contributed by atoms with van der Waals surface area (Å²) in [7, 11) is 0. The van der Waals surface area contributed by atoms with E-state index in [-0.39, 0.29) is 21.7 Å². The van der Waals surface area contributed by atoms with E-state index in [1.54, 1.807) is 6.07 Å². The summed E-state index contributed by atoms with van der Waals surface area (Å²) in [5.41, 5.74) is 1.35. The average Bonchev–Trinajstić information content (AvgIpc) is 2.61. The maximum atomic E-state index is 10.9. The molecule has 0 radical (unpaired) electrons. The van der Waals surface area contributed by atoms with Gasteiger partial charge in [-0.15, -0.1) is 0 Å². The van der Waals surface area contributed by atoms with Crippen LogP contribution in [-0.2, 0) is 4.74 Å². The summed E-state index contributed by atoms with van der Waals surface area (Å²) in [5.74, 6) is 0.254. The molecule has 132 valence electrons. The number of carbonyl (C=O) groups is 1. The van der Waals surface area contributed by atoms with E-state index in [4.69, 9.17) is 38.5 Å². The van der Waals surface area contributed by atoms with Gasteiger partial charge in [-0.25, -0.2) is 9.97 Å². The number of Topliss-reactive ketones (excluding diaryl/α,β-unsaturated/α-hetero) is 1. The van der Waals surface area contributed by atoms with Crippen molar-refractivity contribution in [3.63, 3.8) is 0 Å². The Kier molecular flexibility index (Phi) is 8.24. The number of rotatable bonds is 4. The van der Waals surface area contributed by atoms with Crippen molar-refractivity contribution >= 4 is 34.7 Å². The van der Waals surface area contributed by atoms with Crippen LogP contribution in [0.2, 0.25) is 10.3 Å². The number of nitriles is 2. The number of halogens is 2. The van der Waals surface area contributed by atoms with E-state index in [9.17, 15) is 4.79 Å². The van der Waals surface area contributed by atoms with E-state index in [0.29, 0.717) is 29.1 Å². The van der Waals surface area contributed by atoms with Crippen LogP contribution in [0.15, 0.2) is 31.1 Å². The minimum atomic E-state index is -0.184. The van der Waals surface area contributed by atoms with Crippen molar-refractivity contribution in [1.29, 1.82) is 10.5 Å². The normalized spacial score (nSPS) is 9.15. The average molecular weight is 389 g/mol. The molecule has 0 aromatic carbocycles.